The van der Waals surface area contributed by atoms with Crippen LogP contribution in [-0.4, -0.2) is 5.66 Å². The molecule has 255 valence electrons. The van der Waals surface area contributed by atoms with E-state index in [0.29, 0.717) is 5.66 Å². The number of rotatable bonds is 8. The summed E-state index contributed by atoms with van der Waals surface area (Å²) in [6.45, 7) is 2.57. The normalized spacial score (nSPS) is 10.6. The van der Waals surface area contributed by atoms with Crippen LogP contribution in [0.2, 0.25) is 0 Å². The first kappa shape index (κ1) is 39.6. The Labute approximate surface area is 323 Å². The van der Waals surface area contributed by atoms with Crippen molar-refractivity contribution in [2.75, 3.05) is 0 Å². The predicted molar refractivity (Wildman–Crippen MR) is 226 cm³/mol. The standard InChI is InChI=1S/C18H15ClP.C15H17P.C12H11P.Au/c19-20(16-10-4-1-5-11-16,17-12-6-2-7-13-17)18-14-8-3-9-15-18;1-13(2)16(14-9-5-3-6-10-14)15-11-7-4-8-12-15;1-3-7-11(8-4-1)13-12-9-5-2-6-10-12;/h1-15H;3-13H,1-2H3;1-10,13H;/q+1;;;. The minimum atomic E-state index is -2.05. The zero-order valence-electron chi connectivity index (χ0n) is 28.4. The Morgan fingerprint density at radius 1 is 0.400 bits per heavy atom. The van der Waals surface area contributed by atoms with E-state index in [-0.39, 0.29) is 30.3 Å². The minimum Gasteiger partial charge on any atom is -0.0622 e. The first-order valence-corrected chi connectivity index (χ1v) is 21.7. The first-order valence-electron chi connectivity index (χ1n) is 16.6. The summed E-state index contributed by atoms with van der Waals surface area (Å²) in [5.41, 5.74) is 0.680. The summed E-state index contributed by atoms with van der Waals surface area (Å²) in [5.74, 6) is 0. The van der Waals surface area contributed by atoms with Crippen LogP contribution in [0.1, 0.15) is 13.8 Å². The Balaban J connectivity index is 0.000000171. The topological polar surface area (TPSA) is 0 Å². The summed E-state index contributed by atoms with van der Waals surface area (Å²) < 4.78 is 0. The zero-order valence-corrected chi connectivity index (χ0v) is 34.1. The third-order valence-electron chi connectivity index (χ3n) is 7.76. The van der Waals surface area contributed by atoms with E-state index in [1.54, 1.807) is 0 Å². The maximum atomic E-state index is 7.23. The fourth-order valence-electron chi connectivity index (χ4n) is 5.48. The van der Waals surface area contributed by atoms with Gasteiger partial charge in [0.2, 0.25) is 6.62 Å². The van der Waals surface area contributed by atoms with Gasteiger partial charge in [0.25, 0.3) is 0 Å². The van der Waals surface area contributed by atoms with Gasteiger partial charge in [-0.3, -0.25) is 0 Å². The van der Waals surface area contributed by atoms with E-state index in [9.17, 15) is 0 Å². The Kier molecular flexibility index (Phi) is 16.9. The molecule has 0 aliphatic carbocycles. The monoisotopic (exact) mass is 908 g/mol. The number of hydrogen-bond acceptors (Lipinski definition) is 0. The Morgan fingerprint density at radius 3 is 0.900 bits per heavy atom. The molecule has 7 rings (SSSR count). The Morgan fingerprint density at radius 2 is 0.640 bits per heavy atom. The molecule has 0 nitrogen and oxygen atoms in total. The van der Waals surface area contributed by atoms with Gasteiger partial charge in [0.05, 0.1) is 0 Å². The predicted octanol–water partition coefficient (Wildman–Crippen LogP) is 9.98. The van der Waals surface area contributed by atoms with E-state index in [4.69, 9.17) is 11.2 Å². The van der Waals surface area contributed by atoms with Crippen LogP contribution in [0.25, 0.3) is 0 Å². The van der Waals surface area contributed by atoms with Crippen LogP contribution in [0.15, 0.2) is 212 Å². The summed E-state index contributed by atoms with van der Waals surface area (Å²) in [6.07, 6.45) is 0. The van der Waals surface area contributed by atoms with Gasteiger partial charge in [-0.25, -0.2) is 0 Å². The SMILES string of the molecule is CC(C)P(c1ccccc1)c1ccccc1.Cl[P+](c1ccccc1)(c1ccccc1)c1ccccc1.[Au].c1ccc(Pc2ccccc2)cc1. The van der Waals surface area contributed by atoms with Crippen molar-refractivity contribution in [3.63, 3.8) is 0 Å². The molecule has 0 saturated heterocycles. The van der Waals surface area contributed by atoms with Gasteiger partial charge < -0.3 is 0 Å². The molecule has 0 aliphatic heterocycles. The number of benzene rings is 7. The maximum Gasteiger partial charge on any atom is 0.210 e. The molecule has 0 saturated carbocycles. The third kappa shape index (κ3) is 11.4. The molecular weight excluding hydrogens is 866 g/mol. The van der Waals surface area contributed by atoms with Crippen molar-refractivity contribution in [2.45, 2.75) is 19.5 Å². The van der Waals surface area contributed by atoms with Crippen LogP contribution in [0.4, 0.5) is 0 Å². The van der Waals surface area contributed by atoms with Gasteiger partial charge in [0, 0.05) is 22.4 Å². The molecule has 0 fully saturated rings. The summed E-state index contributed by atoms with van der Waals surface area (Å²) in [6, 6.07) is 74.0. The molecule has 0 spiro atoms. The van der Waals surface area contributed by atoms with Crippen molar-refractivity contribution >= 4 is 71.5 Å². The van der Waals surface area contributed by atoms with Crippen molar-refractivity contribution in [3.8, 4) is 0 Å². The van der Waals surface area contributed by atoms with Gasteiger partial charge in [0.15, 0.2) is 0 Å². The molecule has 0 heterocycles. The number of halogens is 1. The van der Waals surface area contributed by atoms with Gasteiger partial charge in [-0.1, -0.05) is 198 Å². The first-order chi connectivity index (χ1) is 24.1. The fourth-order valence-corrected chi connectivity index (χ4v) is 12.7. The third-order valence-corrected chi connectivity index (χ3v) is 16.5. The second-order valence-corrected chi connectivity index (χ2v) is 20.0. The van der Waals surface area contributed by atoms with E-state index >= 15 is 0 Å². The molecule has 0 aliphatic rings. The molecule has 0 unspecified atom stereocenters. The molecular formula is C45H43AuClP3+. The van der Waals surface area contributed by atoms with E-state index in [0.717, 1.165) is 8.58 Å². The molecule has 0 aromatic heterocycles. The Hall–Kier alpha value is -3.14. The second-order valence-electron chi connectivity index (χ2n) is 11.6. The van der Waals surface area contributed by atoms with Gasteiger partial charge in [-0.05, 0) is 71.2 Å². The summed E-state index contributed by atoms with van der Waals surface area (Å²) in [7, 11) is 0.567. The van der Waals surface area contributed by atoms with E-state index in [2.05, 4.69) is 208 Å². The Bertz CT molecular complexity index is 1720. The quantitative estimate of drug-likeness (QED) is 0.105. The van der Waals surface area contributed by atoms with Gasteiger partial charge in [-0.2, -0.15) is 0 Å². The van der Waals surface area contributed by atoms with Crippen molar-refractivity contribution < 1.29 is 22.4 Å². The molecule has 7 aromatic carbocycles. The van der Waals surface area contributed by atoms with Crippen LogP contribution in [-0.2, 0) is 22.4 Å². The summed E-state index contributed by atoms with van der Waals surface area (Å²) in [4.78, 5) is 0. The molecule has 0 bridgehead atoms. The largest absolute Gasteiger partial charge is 0.210 e. The molecule has 7 aromatic rings. The molecule has 1 radical (unpaired) electrons. The van der Waals surface area contributed by atoms with Crippen molar-refractivity contribution in [1.29, 1.82) is 0 Å². The molecule has 5 heteroatoms. The fraction of sp³-hybridized carbons (Fsp3) is 0.0667. The van der Waals surface area contributed by atoms with Gasteiger partial charge >= 0.3 is 0 Å². The van der Waals surface area contributed by atoms with E-state index in [1.807, 2.05) is 18.2 Å². The molecule has 0 amide bonds. The van der Waals surface area contributed by atoms with Crippen molar-refractivity contribution in [3.05, 3.63) is 212 Å². The average Bonchev–Trinajstić information content (AvgIpc) is 3.18. The molecule has 50 heavy (non-hydrogen) atoms. The minimum absolute atomic E-state index is 0. The van der Waals surface area contributed by atoms with Crippen LogP contribution in [0.5, 0.6) is 0 Å². The maximum absolute atomic E-state index is 7.23. The van der Waals surface area contributed by atoms with Gasteiger partial charge in [-0.15, -0.1) is 0 Å². The van der Waals surface area contributed by atoms with Crippen LogP contribution in [0, 0.1) is 0 Å². The molecule has 0 atom stereocenters. The zero-order chi connectivity index (χ0) is 34.2. The van der Waals surface area contributed by atoms with E-state index in [1.165, 1.54) is 37.1 Å². The van der Waals surface area contributed by atoms with Crippen LogP contribution < -0.4 is 37.1 Å². The van der Waals surface area contributed by atoms with Crippen LogP contribution >= 0.6 is 34.4 Å². The van der Waals surface area contributed by atoms with E-state index < -0.39 is 6.62 Å². The summed E-state index contributed by atoms with van der Waals surface area (Å²) >= 11 is 7.23. The van der Waals surface area contributed by atoms with Crippen LogP contribution in [0.3, 0.4) is 0 Å². The van der Waals surface area contributed by atoms with Crippen molar-refractivity contribution in [1.82, 2.24) is 0 Å². The second kappa shape index (κ2) is 21.3. The van der Waals surface area contributed by atoms with Gasteiger partial charge in [0.1, 0.15) is 27.2 Å². The summed E-state index contributed by atoms with van der Waals surface area (Å²) in [5, 5.41) is 9.32. The average molecular weight is 909 g/mol. The smallest absolute Gasteiger partial charge is 0.0622 e. The molecule has 0 N–H and O–H groups in total. The number of hydrogen-bond donors (Lipinski definition) is 0. The van der Waals surface area contributed by atoms with Crippen molar-refractivity contribution in [2.24, 2.45) is 0 Å².